The van der Waals surface area contributed by atoms with E-state index in [-0.39, 0.29) is 13.0 Å². The Morgan fingerprint density at radius 2 is 2.11 bits per heavy atom. The van der Waals surface area contributed by atoms with Gasteiger partial charge in [-0.1, -0.05) is 0 Å². The second-order valence-corrected chi connectivity index (χ2v) is 7.59. The maximum absolute atomic E-state index is 14.1. The van der Waals surface area contributed by atoms with Crippen molar-refractivity contribution in [2.24, 2.45) is 0 Å². The van der Waals surface area contributed by atoms with E-state index in [1.807, 2.05) is 0 Å². The first-order valence-electron chi connectivity index (χ1n) is 6.21. The molecule has 0 aromatic rings. The molecule has 106 valence electrons. The number of alkyl halides is 1. The first-order valence-corrected chi connectivity index (χ1v) is 7.36. The number of ether oxygens (including phenoxy) is 1. The van der Waals surface area contributed by atoms with E-state index in [1.165, 1.54) is 0 Å². The van der Waals surface area contributed by atoms with Crippen LogP contribution in [0.5, 0.6) is 0 Å². The van der Waals surface area contributed by atoms with Gasteiger partial charge in [-0.05, 0) is 40.5 Å². The second kappa shape index (κ2) is 5.75. The fourth-order valence-electron chi connectivity index (χ4n) is 1.49. The summed E-state index contributed by atoms with van der Waals surface area (Å²) in [6, 6.07) is -0.725. The van der Waals surface area contributed by atoms with Crippen molar-refractivity contribution < 1.29 is 18.5 Å². The van der Waals surface area contributed by atoms with Crippen molar-refractivity contribution in [2.45, 2.75) is 63.4 Å². The minimum Gasteiger partial charge on any atom is -0.598 e. The number of carbonyl (C=O) groups is 1. The Hall–Kier alpha value is -0.330. The average Bonchev–Trinajstić information content (AvgIpc) is 2.95. The Balaban J connectivity index is 2.60. The summed E-state index contributed by atoms with van der Waals surface area (Å²) in [6.45, 7) is 7.38. The van der Waals surface area contributed by atoms with Crippen LogP contribution in [0, 0.1) is 0 Å². The molecule has 0 heterocycles. The molecule has 0 amide bonds. The number of halogens is 1. The zero-order valence-electron chi connectivity index (χ0n) is 11.4. The third kappa shape index (κ3) is 4.40. The van der Waals surface area contributed by atoms with Gasteiger partial charge in [0.05, 0.1) is 19.1 Å². The number of esters is 1. The molecule has 1 unspecified atom stereocenters. The van der Waals surface area contributed by atoms with Crippen LogP contribution in [0.1, 0.15) is 47.0 Å². The second-order valence-electron chi connectivity index (χ2n) is 5.60. The van der Waals surface area contributed by atoms with Gasteiger partial charge >= 0.3 is 5.97 Å². The lowest BCUT2D eigenvalue weighted by Crippen LogP contribution is -2.50. The molecule has 1 N–H and O–H groups in total. The molecule has 1 saturated carbocycles. The van der Waals surface area contributed by atoms with Crippen LogP contribution in [-0.2, 0) is 20.9 Å². The van der Waals surface area contributed by atoms with Crippen LogP contribution < -0.4 is 4.72 Å². The maximum atomic E-state index is 14.1. The summed E-state index contributed by atoms with van der Waals surface area (Å²) in [5.41, 5.74) is -1.41. The molecule has 0 radical (unpaired) electrons. The van der Waals surface area contributed by atoms with Crippen LogP contribution in [0.2, 0.25) is 0 Å². The first-order chi connectivity index (χ1) is 8.19. The topological polar surface area (TPSA) is 61.4 Å². The van der Waals surface area contributed by atoms with Crippen molar-refractivity contribution in [3.8, 4) is 0 Å². The molecule has 0 saturated heterocycles. The fraction of sp³-hybridized carbons (Fsp3) is 0.917. The lowest BCUT2D eigenvalue weighted by Gasteiger charge is -2.29. The molecule has 6 heteroatoms. The van der Waals surface area contributed by atoms with Crippen LogP contribution >= 0.6 is 0 Å². The lowest BCUT2D eigenvalue weighted by molar-refractivity contribution is -0.144. The van der Waals surface area contributed by atoms with Gasteiger partial charge in [-0.2, -0.15) is 0 Å². The summed E-state index contributed by atoms with van der Waals surface area (Å²) < 4.78 is 33.2. The van der Waals surface area contributed by atoms with Crippen molar-refractivity contribution >= 4 is 17.3 Å². The molecule has 0 aliphatic heterocycles. The Labute approximate surface area is 111 Å². The van der Waals surface area contributed by atoms with Gasteiger partial charge < -0.3 is 9.29 Å². The highest BCUT2D eigenvalue weighted by Gasteiger charge is 2.53. The van der Waals surface area contributed by atoms with Gasteiger partial charge in [-0.25, -0.2) is 4.39 Å². The molecule has 1 aliphatic rings. The van der Waals surface area contributed by atoms with Crippen molar-refractivity contribution in [1.82, 2.24) is 4.72 Å². The summed E-state index contributed by atoms with van der Waals surface area (Å²) in [6.07, 6.45) is 0.739. The molecular weight excluding hydrogens is 257 g/mol. The van der Waals surface area contributed by atoms with Crippen LogP contribution in [0.4, 0.5) is 4.39 Å². The van der Waals surface area contributed by atoms with E-state index in [9.17, 15) is 13.7 Å². The smallest absolute Gasteiger partial charge is 0.307 e. The van der Waals surface area contributed by atoms with Crippen molar-refractivity contribution in [3.05, 3.63) is 0 Å². The highest BCUT2D eigenvalue weighted by atomic mass is 32.2. The van der Waals surface area contributed by atoms with E-state index in [0.29, 0.717) is 12.8 Å². The zero-order valence-corrected chi connectivity index (χ0v) is 12.2. The molecule has 1 fully saturated rings. The van der Waals surface area contributed by atoms with E-state index in [4.69, 9.17) is 4.74 Å². The van der Waals surface area contributed by atoms with Gasteiger partial charge in [-0.3, -0.25) is 4.79 Å². The van der Waals surface area contributed by atoms with E-state index in [2.05, 4.69) is 4.72 Å². The van der Waals surface area contributed by atoms with E-state index < -0.39 is 33.8 Å². The quantitative estimate of drug-likeness (QED) is 0.595. The number of carbonyl (C=O) groups excluding carboxylic acids is 1. The summed E-state index contributed by atoms with van der Waals surface area (Å²) in [5.74, 6) is -0.454. The van der Waals surface area contributed by atoms with E-state index in [0.717, 1.165) is 0 Å². The summed E-state index contributed by atoms with van der Waals surface area (Å²) in [4.78, 5) is 11.4. The highest BCUT2D eigenvalue weighted by Crippen LogP contribution is 2.44. The normalized spacial score (nSPS) is 21.2. The summed E-state index contributed by atoms with van der Waals surface area (Å²) in [7, 11) is 0. The maximum Gasteiger partial charge on any atom is 0.307 e. The molecule has 0 bridgehead atoms. The van der Waals surface area contributed by atoms with Crippen LogP contribution in [-0.4, -0.2) is 33.6 Å². The molecule has 1 rings (SSSR count). The predicted molar refractivity (Wildman–Crippen MR) is 69.1 cm³/mol. The minimum atomic E-state index is -1.41. The summed E-state index contributed by atoms with van der Waals surface area (Å²) >= 11 is -1.39. The van der Waals surface area contributed by atoms with E-state index in [1.54, 1.807) is 27.7 Å². The molecule has 4 nitrogen and oxygen atoms in total. The average molecular weight is 279 g/mol. The van der Waals surface area contributed by atoms with Gasteiger partial charge in [-0.15, -0.1) is 4.72 Å². The molecule has 0 spiro atoms. The molecule has 18 heavy (non-hydrogen) atoms. The standard InChI is InChI=1S/C12H22FNO3S/c1-5-17-10(15)8-9(12(13)6-7-12)14-18(16)11(2,3)4/h9,14H,5-8H2,1-4H3/t9-,18?/m0/s1. The lowest BCUT2D eigenvalue weighted by atomic mass is 10.1. The van der Waals surface area contributed by atoms with Crippen molar-refractivity contribution in [3.63, 3.8) is 0 Å². The Morgan fingerprint density at radius 3 is 2.50 bits per heavy atom. The van der Waals surface area contributed by atoms with Gasteiger partial charge in [0.1, 0.15) is 10.4 Å². The fourth-order valence-corrected chi connectivity index (χ4v) is 2.40. The molecule has 1 aliphatic carbocycles. The van der Waals surface area contributed by atoms with Crippen molar-refractivity contribution in [1.29, 1.82) is 0 Å². The van der Waals surface area contributed by atoms with Gasteiger partial charge in [0.25, 0.3) is 0 Å². The SMILES string of the molecule is CCOC(=O)C[C@H](N[S+]([O-])C(C)(C)C)C1(F)CC1. The molecule has 2 atom stereocenters. The van der Waals surface area contributed by atoms with Gasteiger partial charge in [0.15, 0.2) is 0 Å². The number of nitrogens with one attached hydrogen (secondary N) is 1. The molecule has 0 aromatic heterocycles. The Morgan fingerprint density at radius 1 is 1.56 bits per heavy atom. The monoisotopic (exact) mass is 279 g/mol. The Kier molecular flexibility index (Phi) is 5.03. The van der Waals surface area contributed by atoms with Crippen LogP contribution in [0.25, 0.3) is 0 Å². The molecular formula is C12H22FNO3S. The van der Waals surface area contributed by atoms with Gasteiger partial charge in [0, 0.05) is 11.4 Å². The number of rotatable bonds is 6. The summed E-state index contributed by atoms with van der Waals surface area (Å²) in [5, 5.41) is 0. The third-order valence-electron chi connectivity index (χ3n) is 2.83. The third-order valence-corrected chi connectivity index (χ3v) is 4.44. The number of hydrogen-bond acceptors (Lipinski definition) is 4. The highest BCUT2D eigenvalue weighted by molar-refractivity contribution is 7.90. The van der Waals surface area contributed by atoms with E-state index >= 15 is 0 Å². The first kappa shape index (κ1) is 15.7. The van der Waals surface area contributed by atoms with Crippen LogP contribution in [0.15, 0.2) is 0 Å². The van der Waals surface area contributed by atoms with Crippen molar-refractivity contribution in [2.75, 3.05) is 6.61 Å². The zero-order chi connectivity index (χ0) is 14.0. The minimum absolute atomic E-state index is 0.0772. The van der Waals surface area contributed by atoms with Crippen LogP contribution in [0.3, 0.4) is 0 Å². The largest absolute Gasteiger partial charge is 0.598 e. The number of hydrogen-bond donors (Lipinski definition) is 1. The Bertz CT molecular complexity index is 302. The molecule has 0 aromatic carbocycles. The van der Waals surface area contributed by atoms with Gasteiger partial charge in [0.2, 0.25) is 0 Å². The predicted octanol–water partition coefficient (Wildman–Crippen LogP) is 1.86.